The lowest BCUT2D eigenvalue weighted by molar-refractivity contribution is 0.469. The number of nitrogens with one attached hydrogen (secondary N) is 1. The Labute approximate surface area is 143 Å². The zero-order valence-electron chi connectivity index (χ0n) is 10.9. The average Bonchev–Trinajstić information content (AvgIpc) is 2.84. The van der Waals surface area contributed by atoms with Crippen LogP contribution in [0.25, 0.3) is 0 Å². The molecule has 0 aromatic carbocycles. The van der Waals surface area contributed by atoms with Crippen molar-refractivity contribution in [2.24, 2.45) is 5.84 Å². The van der Waals surface area contributed by atoms with Crippen molar-refractivity contribution in [1.29, 1.82) is 0 Å². The number of nitrogen functional groups attached to an aromatic ring is 1. The normalized spacial score (nSPS) is 11.9. The first-order valence-corrected chi connectivity index (χ1v) is 9.56. The summed E-state index contributed by atoms with van der Waals surface area (Å²) in [6.07, 6.45) is 1.48. The second-order valence-corrected chi connectivity index (χ2v) is 8.98. The fourth-order valence-electron chi connectivity index (χ4n) is 1.63. The molecule has 0 amide bonds. The largest absolute Gasteiger partial charge is 0.307 e. The van der Waals surface area contributed by atoms with E-state index in [1.807, 2.05) is 11.4 Å². The summed E-state index contributed by atoms with van der Waals surface area (Å²) in [5.74, 6) is 5.45. The number of hydrogen-bond acceptors (Lipinski definition) is 6. The first-order valence-electron chi connectivity index (χ1n) is 5.66. The maximum Gasteiger partial charge on any atom is 0.246 e. The summed E-state index contributed by atoms with van der Waals surface area (Å²) in [6, 6.07) is 3.36. The van der Waals surface area contributed by atoms with E-state index in [0.717, 1.165) is 9.35 Å². The van der Waals surface area contributed by atoms with Gasteiger partial charge in [0.2, 0.25) is 10.0 Å². The van der Waals surface area contributed by atoms with Crippen molar-refractivity contribution in [1.82, 2.24) is 9.29 Å². The third-order valence-electron chi connectivity index (χ3n) is 2.64. The van der Waals surface area contributed by atoms with Crippen molar-refractivity contribution in [3.63, 3.8) is 0 Å². The average molecular weight is 456 g/mol. The number of hydrazine groups is 1. The smallest absolute Gasteiger partial charge is 0.246 e. The summed E-state index contributed by atoms with van der Waals surface area (Å²) in [6.45, 7) is 0.273. The minimum atomic E-state index is -3.70. The highest BCUT2D eigenvalue weighted by molar-refractivity contribution is 9.10. The van der Waals surface area contributed by atoms with Crippen molar-refractivity contribution >= 4 is 59.0 Å². The molecule has 3 N–H and O–H groups in total. The molecule has 0 spiro atoms. The lowest BCUT2D eigenvalue weighted by Crippen LogP contribution is -2.28. The summed E-state index contributed by atoms with van der Waals surface area (Å²) < 4.78 is 28.0. The number of aromatic nitrogens is 1. The van der Waals surface area contributed by atoms with E-state index in [4.69, 9.17) is 5.84 Å². The van der Waals surface area contributed by atoms with Gasteiger partial charge in [-0.05, 0) is 44.0 Å². The van der Waals surface area contributed by atoms with Crippen LogP contribution >= 0.6 is 43.2 Å². The molecule has 2 aromatic rings. The van der Waals surface area contributed by atoms with Crippen molar-refractivity contribution in [2.75, 3.05) is 12.5 Å². The third-order valence-corrected chi connectivity index (χ3v) is 6.58. The maximum atomic E-state index is 12.6. The van der Waals surface area contributed by atoms with Gasteiger partial charge in [0, 0.05) is 39.0 Å². The number of anilines is 1. The fourth-order valence-corrected chi connectivity index (χ4v) is 4.98. The fraction of sp³-hybridized carbons (Fsp3) is 0.182. The molecule has 0 aliphatic rings. The van der Waals surface area contributed by atoms with E-state index in [2.05, 4.69) is 42.3 Å². The molecular formula is C11H12Br2N4O2S2. The van der Waals surface area contributed by atoms with Crippen molar-refractivity contribution in [2.45, 2.75) is 11.4 Å². The molecule has 0 atom stereocenters. The Morgan fingerprint density at radius 1 is 1.38 bits per heavy atom. The van der Waals surface area contributed by atoms with Gasteiger partial charge in [0.1, 0.15) is 4.90 Å². The van der Waals surface area contributed by atoms with E-state index in [0.29, 0.717) is 4.47 Å². The summed E-state index contributed by atoms with van der Waals surface area (Å²) in [7, 11) is -2.19. The zero-order valence-corrected chi connectivity index (χ0v) is 15.7. The SMILES string of the molecule is CN(Cc1cc(Br)cs1)S(=O)(=O)c1cc(Br)cnc1NN. The molecule has 21 heavy (non-hydrogen) atoms. The molecule has 114 valence electrons. The van der Waals surface area contributed by atoms with Crippen molar-refractivity contribution < 1.29 is 8.42 Å². The van der Waals surface area contributed by atoms with Crippen LogP contribution in [-0.2, 0) is 16.6 Å². The van der Waals surface area contributed by atoms with Gasteiger partial charge in [-0.1, -0.05) is 0 Å². The molecule has 0 unspecified atom stereocenters. The molecule has 0 saturated carbocycles. The number of halogens is 2. The predicted octanol–water partition coefficient (Wildman–Crippen LogP) is 2.77. The van der Waals surface area contributed by atoms with Gasteiger partial charge < -0.3 is 5.43 Å². The lowest BCUT2D eigenvalue weighted by atomic mass is 10.5. The van der Waals surface area contributed by atoms with Crippen LogP contribution in [0.3, 0.4) is 0 Å². The molecule has 2 aromatic heterocycles. The monoisotopic (exact) mass is 454 g/mol. The van der Waals surface area contributed by atoms with E-state index in [9.17, 15) is 8.42 Å². The minimum absolute atomic E-state index is 0.0255. The Hall–Kier alpha value is -0.520. The van der Waals surface area contributed by atoms with Crippen molar-refractivity contribution in [3.8, 4) is 0 Å². The maximum absolute atomic E-state index is 12.6. The van der Waals surface area contributed by atoms with E-state index in [1.165, 1.54) is 35.0 Å². The van der Waals surface area contributed by atoms with Gasteiger partial charge in [-0.2, -0.15) is 4.31 Å². The molecule has 2 rings (SSSR count). The number of sulfonamides is 1. The van der Waals surface area contributed by atoms with Gasteiger partial charge in [0.25, 0.3) is 0 Å². The van der Waals surface area contributed by atoms with Crippen molar-refractivity contribution in [3.05, 3.63) is 37.5 Å². The van der Waals surface area contributed by atoms with E-state index in [1.54, 1.807) is 0 Å². The van der Waals surface area contributed by atoms with Crippen LogP contribution in [0.5, 0.6) is 0 Å². The molecule has 0 aliphatic carbocycles. The van der Waals surface area contributed by atoms with Gasteiger partial charge in [0.05, 0.1) is 0 Å². The number of hydrogen-bond donors (Lipinski definition) is 2. The molecule has 2 heterocycles. The third kappa shape index (κ3) is 3.82. The van der Waals surface area contributed by atoms with Gasteiger partial charge in [-0.3, -0.25) is 0 Å². The number of pyridine rings is 1. The molecule has 10 heteroatoms. The van der Waals surface area contributed by atoms with Gasteiger partial charge in [-0.25, -0.2) is 19.2 Å². The van der Waals surface area contributed by atoms with Gasteiger partial charge in [0.15, 0.2) is 5.82 Å². The Balaban J connectivity index is 2.35. The molecule has 6 nitrogen and oxygen atoms in total. The van der Waals surface area contributed by atoms with E-state index >= 15 is 0 Å². The Bertz CT molecular complexity index is 748. The molecule has 0 radical (unpaired) electrons. The second kappa shape index (κ2) is 6.71. The minimum Gasteiger partial charge on any atom is -0.307 e. The summed E-state index contributed by atoms with van der Waals surface area (Å²) >= 11 is 8.05. The second-order valence-electron chi connectivity index (χ2n) is 4.14. The molecule has 0 aliphatic heterocycles. The number of rotatable bonds is 5. The predicted molar refractivity (Wildman–Crippen MR) is 90.4 cm³/mol. The van der Waals surface area contributed by atoms with Gasteiger partial charge >= 0.3 is 0 Å². The number of nitrogens with two attached hydrogens (primary N) is 1. The molecule has 0 fully saturated rings. The van der Waals surface area contributed by atoms with Crippen LogP contribution in [0.15, 0.2) is 37.6 Å². The van der Waals surface area contributed by atoms with Crippen LogP contribution in [0, 0.1) is 0 Å². The molecule has 0 bridgehead atoms. The van der Waals surface area contributed by atoms with E-state index in [-0.39, 0.29) is 17.3 Å². The Morgan fingerprint density at radius 3 is 2.67 bits per heavy atom. The number of nitrogens with zero attached hydrogens (tertiary/aromatic N) is 2. The summed E-state index contributed by atoms with van der Waals surface area (Å²) in [5, 5.41) is 1.91. The van der Waals surface area contributed by atoms with Gasteiger partial charge in [-0.15, -0.1) is 11.3 Å². The number of thiophene rings is 1. The van der Waals surface area contributed by atoms with Crippen LogP contribution in [-0.4, -0.2) is 24.8 Å². The first-order chi connectivity index (χ1) is 9.84. The Morgan fingerprint density at radius 2 is 2.10 bits per heavy atom. The summed E-state index contributed by atoms with van der Waals surface area (Å²) in [5.41, 5.74) is 2.31. The topological polar surface area (TPSA) is 88.3 Å². The molecule has 0 saturated heterocycles. The van der Waals surface area contributed by atoms with Crippen LogP contribution in [0.1, 0.15) is 4.88 Å². The van der Waals surface area contributed by atoms with Crippen LogP contribution in [0.4, 0.5) is 5.82 Å². The standard InChI is InChI=1S/C11H12Br2N4O2S2/c1-17(5-9-2-8(13)6-20-9)21(18,19)10-3-7(12)4-15-11(10)16-14/h2-4,6H,5,14H2,1H3,(H,15,16). The highest BCUT2D eigenvalue weighted by atomic mass is 79.9. The highest BCUT2D eigenvalue weighted by Gasteiger charge is 2.25. The van der Waals surface area contributed by atoms with Crippen LogP contribution < -0.4 is 11.3 Å². The zero-order chi connectivity index (χ0) is 15.6. The lowest BCUT2D eigenvalue weighted by Gasteiger charge is -2.18. The quantitative estimate of drug-likeness (QED) is 0.534. The Kier molecular flexibility index (Phi) is 5.38. The highest BCUT2D eigenvalue weighted by Crippen LogP contribution is 2.27. The first kappa shape index (κ1) is 16.8. The van der Waals surface area contributed by atoms with Crippen LogP contribution in [0.2, 0.25) is 0 Å². The van der Waals surface area contributed by atoms with E-state index < -0.39 is 10.0 Å². The molecular weight excluding hydrogens is 444 g/mol. The summed E-state index contributed by atoms with van der Waals surface area (Å²) in [4.78, 5) is 4.92.